The monoisotopic (exact) mass is 426 g/mol. The fourth-order valence-electron chi connectivity index (χ4n) is 3.48. The van der Waals surface area contributed by atoms with Gasteiger partial charge in [-0.1, -0.05) is 6.07 Å². The van der Waals surface area contributed by atoms with E-state index in [-0.39, 0.29) is 24.8 Å². The van der Waals surface area contributed by atoms with E-state index in [9.17, 15) is 5.11 Å². The van der Waals surface area contributed by atoms with E-state index < -0.39 is 0 Å². The third-order valence-corrected chi connectivity index (χ3v) is 5.21. The molecule has 1 aromatic carbocycles. The number of nitrogens with zero attached hydrogens (tertiary/aromatic N) is 1. The largest absolute Gasteiger partial charge is 0.507 e. The van der Waals surface area contributed by atoms with Crippen molar-refractivity contribution in [1.82, 2.24) is 10.2 Å². The third kappa shape index (κ3) is 5.21. The van der Waals surface area contributed by atoms with Gasteiger partial charge in [0, 0.05) is 45.4 Å². The second kappa shape index (κ2) is 10.1. The quantitative estimate of drug-likeness (QED) is 0.776. The predicted molar refractivity (Wildman–Crippen MR) is 101 cm³/mol. The molecule has 3 rings (SSSR count). The highest BCUT2D eigenvalue weighted by Gasteiger charge is 2.31. The minimum Gasteiger partial charge on any atom is -0.507 e. The van der Waals surface area contributed by atoms with E-state index in [1.807, 2.05) is 0 Å². The van der Waals surface area contributed by atoms with Gasteiger partial charge in [-0.25, -0.2) is 0 Å². The maximum atomic E-state index is 9.76. The van der Waals surface area contributed by atoms with Crippen LogP contribution in [-0.2, 0) is 4.74 Å². The maximum absolute atomic E-state index is 9.76. The van der Waals surface area contributed by atoms with Gasteiger partial charge in [0.15, 0.2) is 0 Å². The molecule has 1 atom stereocenters. The third-order valence-electron chi connectivity index (χ3n) is 4.57. The Bertz CT molecular complexity index is 463. The van der Waals surface area contributed by atoms with E-state index in [1.165, 1.54) is 5.56 Å². The standard InChI is InChI=1S/C16H23BrN2O2.2ClH/c17-14-11-13(1-2-15(14)20)16(12-3-9-21-10-4-12)19-7-5-18-6-8-19;;/h1-2,11-12,16,18,20H,3-10H2;2*1H/t16-;;/m0../s1. The highest BCUT2D eigenvalue weighted by Crippen LogP contribution is 2.37. The number of ether oxygens (including phenoxy) is 1. The van der Waals surface area contributed by atoms with Gasteiger partial charge in [-0.15, -0.1) is 24.8 Å². The van der Waals surface area contributed by atoms with Crippen molar-refractivity contribution in [2.24, 2.45) is 5.92 Å². The lowest BCUT2D eigenvalue weighted by atomic mass is 9.85. The van der Waals surface area contributed by atoms with Crippen LogP contribution >= 0.6 is 40.7 Å². The smallest absolute Gasteiger partial charge is 0.129 e. The molecule has 2 aliphatic heterocycles. The first-order chi connectivity index (χ1) is 10.3. The van der Waals surface area contributed by atoms with Gasteiger partial charge in [0.25, 0.3) is 0 Å². The molecule has 0 saturated carbocycles. The number of hydrogen-bond donors (Lipinski definition) is 2. The van der Waals surface area contributed by atoms with Crippen LogP contribution in [0.4, 0.5) is 0 Å². The number of halogens is 3. The summed E-state index contributed by atoms with van der Waals surface area (Å²) in [5.41, 5.74) is 1.30. The van der Waals surface area contributed by atoms with Crippen LogP contribution in [0.5, 0.6) is 5.75 Å². The molecule has 2 heterocycles. The lowest BCUT2D eigenvalue weighted by Gasteiger charge is -2.41. The van der Waals surface area contributed by atoms with Crippen LogP contribution in [-0.4, -0.2) is 49.4 Å². The summed E-state index contributed by atoms with van der Waals surface area (Å²) in [6.07, 6.45) is 2.24. The highest BCUT2D eigenvalue weighted by molar-refractivity contribution is 9.10. The van der Waals surface area contributed by atoms with Crippen LogP contribution in [0.1, 0.15) is 24.4 Å². The minimum absolute atomic E-state index is 0. The fourth-order valence-corrected chi connectivity index (χ4v) is 3.88. The summed E-state index contributed by atoms with van der Waals surface area (Å²) in [5.74, 6) is 0.943. The number of phenols is 1. The molecule has 0 spiro atoms. The van der Waals surface area contributed by atoms with Gasteiger partial charge in [-0.2, -0.15) is 0 Å². The molecule has 2 saturated heterocycles. The average molecular weight is 428 g/mol. The fraction of sp³-hybridized carbons (Fsp3) is 0.625. The van der Waals surface area contributed by atoms with E-state index in [4.69, 9.17) is 4.74 Å². The summed E-state index contributed by atoms with van der Waals surface area (Å²) >= 11 is 3.46. The number of aromatic hydroxyl groups is 1. The molecule has 1 aromatic rings. The van der Waals surface area contributed by atoms with Crippen LogP contribution in [0.3, 0.4) is 0 Å². The first-order valence-corrected chi connectivity index (χ1v) is 8.56. The molecule has 0 radical (unpaired) electrons. The summed E-state index contributed by atoms with van der Waals surface area (Å²) < 4.78 is 6.32. The summed E-state index contributed by atoms with van der Waals surface area (Å²) in [6.45, 7) is 6.01. The summed E-state index contributed by atoms with van der Waals surface area (Å²) in [5, 5.41) is 13.2. The molecule has 0 aromatic heterocycles. The molecule has 2 aliphatic rings. The second-order valence-corrected chi connectivity index (χ2v) is 6.75. The SMILES string of the molecule is Cl.Cl.Oc1ccc([C@H](C2CCOCC2)N2CCNCC2)cc1Br. The molecule has 0 aliphatic carbocycles. The number of phenolic OH excluding ortho intramolecular Hbond substituents is 1. The molecule has 132 valence electrons. The Balaban J connectivity index is 0.00000132. The number of nitrogens with one attached hydrogen (secondary N) is 1. The molecule has 4 nitrogen and oxygen atoms in total. The van der Waals surface area contributed by atoms with Crippen molar-refractivity contribution in [1.29, 1.82) is 0 Å². The van der Waals surface area contributed by atoms with Gasteiger partial charge < -0.3 is 15.2 Å². The molecule has 0 bridgehead atoms. The first-order valence-electron chi connectivity index (χ1n) is 7.76. The molecular formula is C16H25BrCl2N2O2. The molecule has 2 fully saturated rings. The van der Waals surface area contributed by atoms with Crippen molar-refractivity contribution >= 4 is 40.7 Å². The zero-order chi connectivity index (χ0) is 14.7. The van der Waals surface area contributed by atoms with Gasteiger partial charge in [-0.3, -0.25) is 4.90 Å². The minimum atomic E-state index is 0. The highest BCUT2D eigenvalue weighted by atomic mass is 79.9. The van der Waals surface area contributed by atoms with Crippen LogP contribution in [0.25, 0.3) is 0 Å². The van der Waals surface area contributed by atoms with Gasteiger partial charge >= 0.3 is 0 Å². The Hall–Kier alpha value is -0.0400. The number of rotatable bonds is 3. The van der Waals surface area contributed by atoms with E-state index in [0.717, 1.165) is 56.7 Å². The van der Waals surface area contributed by atoms with Crippen molar-refractivity contribution < 1.29 is 9.84 Å². The number of benzene rings is 1. The van der Waals surface area contributed by atoms with Crippen LogP contribution < -0.4 is 5.32 Å². The van der Waals surface area contributed by atoms with Crippen molar-refractivity contribution in [2.75, 3.05) is 39.4 Å². The first kappa shape index (κ1) is 21.0. The average Bonchev–Trinajstić information content (AvgIpc) is 2.53. The summed E-state index contributed by atoms with van der Waals surface area (Å²) in [7, 11) is 0. The Morgan fingerprint density at radius 1 is 1.17 bits per heavy atom. The van der Waals surface area contributed by atoms with E-state index >= 15 is 0 Å². The van der Waals surface area contributed by atoms with Gasteiger partial charge in [0.1, 0.15) is 5.75 Å². The molecule has 0 unspecified atom stereocenters. The van der Waals surface area contributed by atoms with E-state index in [0.29, 0.717) is 17.7 Å². The number of piperazine rings is 1. The molecule has 0 amide bonds. The lowest BCUT2D eigenvalue weighted by Crippen LogP contribution is -2.47. The van der Waals surface area contributed by atoms with E-state index in [1.54, 1.807) is 6.07 Å². The normalized spacial score (nSPS) is 21.1. The molecule has 2 N–H and O–H groups in total. The maximum Gasteiger partial charge on any atom is 0.129 e. The zero-order valence-electron chi connectivity index (χ0n) is 13.0. The molecule has 23 heavy (non-hydrogen) atoms. The van der Waals surface area contributed by atoms with Crippen LogP contribution in [0, 0.1) is 5.92 Å². The van der Waals surface area contributed by atoms with Crippen molar-refractivity contribution in [2.45, 2.75) is 18.9 Å². The molecular weight excluding hydrogens is 403 g/mol. The van der Waals surface area contributed by atoms with Gasteiger partial charge in [-0.05, 0) is 52.4 Å². The topological polar surface area (TPSA) is 44.7 Å². The van der Waals surface area contributed by atoms with Gasteiger partial charge in [0.05, 0.1) is 4.47 Å². The van der Waals surface area contributed by atoms with Crippen molar-refractivity contribution in [3.63, 3.8) is 0 Å². The van der Waals surface area contributed by atoms with Crippen molar-refractivity contribution in [3.05, 3.63) is 28.2 Å². The summed E-state index contributed by atoms with van der Waals surface area (Å²) in [6, 6.07) is 6.38. The lowest BCUT2D eigenvalue weighted by molar-refractivity contribution is 0.0213. The van der Waals surface area contributed by atoms with Gasteiger partial charge in [0.2, 0.25) is 0 Å². The van der Waals surface area contributed by atoms with Crippen LogP contribution in [0.2, 0.25) is 0 Å². The Morgan fingerprint density at radius 2 is 1.83 bits per heavy atom. The molecule has 7 heteroatoms. The Kier molecular flexibility index (Phi) is 9.19. The second-order valence-electron chi connectivity index (χ2n) is 5.89. The summed E-state index contributed by atoms with van der Waals surface area (Å²) in [4.78, 5) is 2.59. The predicted octanol–water partition coefficient (Wildman–Crippen LogP) is 3.37. The number of hydrogen-bond acceptors (Lipinski definition) is 4. The zero-order valence-corrected chi connectivity index (χ0v) is 16.3. The Labute approximate surface area is 158 Å². The van der Waals surface area contributed by atoms with E-state index in [2.05, 4.69) is 38.3 Å². The van der Waals surface area contributed by atoms with Crippen LogP contribution in [0.15, 0.2) is 22.7 Å². The van der Waals surface area contributed by atoms with Crippen molar-refractivity contribution in [3.8, 4) is 5.75 Å². The Morgan fingerprint density at radius 3 is 2.43 bits per heavy atom.